The Kier molecular flexibility index (Phi) is 5.23. The summed E-state index contributed by atoms with van der Waals surface area (Å²) in [6, 6.07) is 16.6. The average Bonchev–Trinajstić information content (AvgIpc) is 2.85. The number of nitrogens with zero attached hydrogens (tertiary/aromatic N) is 3. The standard InChI is InChI=1S/C23H27N3O/c1-18-9-8-10-19(17-18)23-24-20-11-4-5-12-21(20)26(23)16-13-22(27)25-14-6-2-3-7-15-25/h4-5,8-12,17H,2-3,6-7,13-16H2,1H3. The van der Waals surface area contributed by atoms with Crippen LogP contribution in [0.1, 0.15) is 37.7 Å². The molecule has 0 N–H and O–H groups in total. The third-order valence-electron chi connectivity index (χ3n) is 5.44. The van der Waals surface area contributed by atoms with E-state index in [9.17, 15) is 4.79 Å². The molecule has 1 aromatic heterocycles. The van der Waals surface area contributed by atoms with Gasteiger partial charge in [-0.15, -0.1) is 0 Å². The molecule has 1 aliphatic heterocycles. The molecule has 1 fully saturated rings. The lowest BCUT2D eigenvalue weighted by Crippen LogP contribution is -2.32. The zero-order valence-corrected chi connectivity index (χ0v) is 16.0. The molecule has 0 saturated carbocycles. The van der Waals surface area contributed by atoms with Gasteiger partial charge in [0.2, 0.25) is 5.91 Å². The number of aryl methyl sites for hydroxylation is 2. The van der Waals surface area contributed by atoms with Crippen molar-refractivity contribution in [2.75, 3.05) is 13.1 Å². The van der Waals surface area contributed by atoms with Gasteiger partial charge in [0, 0.05) is 31.6 Å². The van der Waals surface area contributed by atoms with E-state index in [0.29, 0.717) is 13.0 Å². The van der Waals surface area contributed by atoms with Gasteiger partial charge in [-0.2, -0.15) is 0 Å². The van der Waals surface area contributed by atoms with E-state index in [1.54, 1.807) is 0 Å². The van der Waals surface area contributed by atoms with Crippen molar-refractivity contribution in [3.8, 4) is 11.4 Å². The van der Waals surface area contributed by atoms with Gasteiger partial charge in [0.1, 0.15) is 5.82 Å². The smallest absolute Gasteiger partial charge is 0.224 e. The first-order valence-electron chi connectivity index (χ1n) is 10.0. The van der Waals surface area contributed by atoms with Crippen molar-refractivity contribution in [1.82, 2.24) is 14.5 Å². The maximum Gasteiger partial charge on any atom is 0.224 e. The van der Waals surface area contributed by atoms with Crippen LogP contribution >= 0.6 is 0 Å². The molecule has 1 amide bonds. The Labute approximate surface area is 160 Å². The topological polar surface area (TPSA) is 38.1 Å². The first kappa shape index (κ1) is 17.8. The molecule has 1 saturated heterocycles. The van der Waals surface area contributed by atoms with Gasteiger partial charge < -0.3 is 9.47 Å². The van der Waals surface area contributed by atoms with Crippen molar-refractivity contribution in [2.45, 2.75) is 45.6 Å². The summed E-state index contributed by atoms with van der Waals surface area (Å²) in [6.45, 7) is 4.58. The van der Waals surface area contributed by atoms with Crippen molar-refractivity contribution in [2.24, 2.45) is 0 Å². The molecular formula is C23H27N3O. The predicted octanol–water partition coefficient (Wildman–Crippen LogP) is 4.80. The van der Waals surface area contributed by atoms with Crippen LogP contribution in [0, 0.1) is 6.92 Å². The van der Waals surface area contributed by atoms with Crippen molar-refractivity contribution in [3.63, 3.8) is 0 Å². The number of imidazole rings is 1. The molecule has 0 atom stereocenters. The Balaban J connectivity index is 1.62. The van der Waals surface area contributed by atoms with Crippen LogP contribution in [0.15, 0.2) is 48.5 Å². The number of para-hydroxylation sites is 2. The first-order chi connectivity index (χ1) is 13.2. The Morgan fingerprint density at radius 3 is 2.56 bits per heavy atom. The minimum Gasteiger partial charge on any atom is -0.343 e. The number of hydrogen-bond acceptors (Lipinski definition) is 2. The van der Waals surface area contributed by atoms with Crippen molar-refractivity contribution < 1.29 is 4.79 Å². The fraction of sp³-hybridized carbons (Fsp3) is 0.391. The molecule has 4 heteroatoms. The van der Waals surface area contributed by atoms with E-state index in [1.165, 1.54) is 18.4 Å². The van der Waals surface area contributed by atoms with Crippen LogP contribution in [0.2, 0.25) is 0 Å². The second-order valence-corrected chi connectivity index (χ2v) is 7.49. The highest BCUT2D eigenvalue weighted by molar-refractivity contribution is 5.81. The number of rotatable bonds is 4. The number of amides is 1. The van der Waals surface area contributed by atoms with E-state index in [1.807, 2.05) is 18.2 Å². The highest BCUT2D eigenvalue weighted by atomic mass is 16.2. The summed E-state index contributed by atoms with van der Waals surface area (Å²) >= 11 is 0. The molecule has 4 nitrogen and oxygen atoms in total. The summed E-state index contributed by atoms with van der Waals surface area (Å²) in [5, 5.41) is 0. The SMILES string of the molecule is Cc1cccc(-c2nc3ccccc3n2CCC(=O)N2CCCCCC2)c1. The number of hydrogen-bond donors (Lipinski definition) is 0. The summed E-state index contributed by atoms with van der Waals surface area (Å²) in [4.78, 5) is 19.7. The van der Waals surface area contributed by atoms with E-state index in [2.05, 4.69) is 46.7 Å². The third-order valence-corrected chi connectivity index (χ3v) is 5.44. The van der Waals surface area contributed by atoms with Gasteiger partial charge in [0.25, 0.3) is 0 Å². The van der Waals surface area contributed by atoms with E-state index in [0.717, 1.165) is 48.4 Å². The predicted molar refractivity (Wildman–Crippen MR) is 110 cm³/mol. The molecule has 27 heavy (non-hydrogen) atoms. The Morgan fingerprint density at radius 2 is 1.78 bits per heavy atom. The van der Waals surface area contributed by atoms with Crippen molar-refractivity contribution in [3.05, 3.63) is 54.1 Å². The summed E-state index contributed by atoms with van der Waals surface area (Å²) in [5.74, 6) is 1.22. The monoisotopic (exact) mass is 361 g/mol. The molecule has 2 heterocycles. The quantitative estimate of drug-likeness (QED) is 0.669. The van der Waals surface area contributed by atoms with Crippen LogP contribution < -0.4 is 0 Å². The molecule has 0 unspecified atom stereocenters. The van der Waals surface area contributed by atoms with Crippen LogP contribution in [0.25, 0.3) is 22.4 Å². The van der Waals surface area contributed by atoms with Gasteiger partial charge >= 0.3 is 0 Å². The number of carbonyl (C=O) groups is 1. The van der Waals surface area contributed by atoms with E-state index in [4.69, 9.17) is 4.98 Å². The van der Waals surface area contributed by atoms with Crippen LogP contribution in [0.4, 0.5) is 0 Å². The van der Waals surface area contributed by atoms with Gasteiger partial charge in [0.15, 0.2) is 0 Å². The molecule has 3 aromatic rings. The highest BCUT2D eigenvalue weighted by Crippen LogP contribution is 2.26. The normalized spacial score (nSPS) is 15.1. The fourth-order valence-corrected chi connectivity index (χ4v) is 3.99. The second kappa shape index (κ2) is 7.95. The number of aromatic nitrogens is 2. The maximum absolute atomic E-state index is 12.8. The maximum atomic E-state index is 12.8. The van der Waals surface area contributed by atoms with Crippen LogP contribution in [0.5, 0.6) is 0 Å². The van der Waals surface area contributed by atoms with Crippen molar-refractivity contribution >= 4 is 16.9 Å². The van der Waals surface area contributed by atoms with Gasteiger partial charge in [-0.25, -0.2) is 4.98 Å². The van der Waals surface area contributed by atoms with Crippen LogP contribution in [-0.4, -0.2) is 33.4 Å². The minimum absolute atomic E-state index is 0.268. The average molecular weight is 361 g/mol. The van der Waals surface area contributed by atoms with E-state index >= 15 is 0 Å². The number of fused-ring (bicyclic) bond motifs is 1. The Hall–Kier alpha value is -2.62. The summed E-state index contributed by atoms with van der Waals surface area (Å²) in [5.41, 5.74) is 4.40. The third kappa shape index (κ3) is 3.90. The molecule has 0 bridgehead atoms. The fourth-order valence-electron chi connectivity index (χ4n) is 3.99. The molecule has 0 radical (unpaired) electrons. The van der Waals surface area contributed by atoms with Gasteiger partial charge in [-0.3, -0.25) is 4.79 Å². The summed E-state index contributed by atoms with van der Waals surface area (Å²) in [7, 11) is 0. The second-order valence-electron chi connectivity index (χ2n) is 7.49. The summed E-state index contributed by atoms with van der Waals surface area (Å²) in [6.07, 6.45) is 5.28. The molecule has 2 aromatic carbocycles. The lowest BCUT2D eigenvalue weighted by atomic mass is 10.1. The number of carbonyl (C=O) groups excluding carboxylic acids is 1. The first-order valence-corrected chi connectivity index (χ1v) is 10.0. The minimum atomic E-state index is 0.268. The Bertz CT molecular complexity index is 936. The number of benzene rings is 2. The number of likely N-dealkylation sites (tertiary alicyclic amines) is 1. The lowest BCUT2D eigenvalue weighted by Gasteiger charge is -2.20. The zero-order valence-electron chi connectivity index (χ0n) is 16.0. The molecule has 0 spiro atoms. The van der Waals surface area contributed by atoms with E-state index in [-0.39, 0.29) is 5.91 Å². The lowest BCUT2D eigenvalue weighted by molar-refractivity contribution is -0.131. The molecule has 140 valence electrons. The largest absolute Gasteiger partial charge is 0.343 e. The molecule has 1 aliphatic rings. The Morgan fingerprint density at radius 1 is 1.00 bits per heavy atom. The van der Waals surface area contributed by atoms with Crippen LogP contribution in [0.3, 0.4) is 0 Å². The van der Waals surface area contributed by atoms with Gasteiger partial charge in [0.05, 0.1) is 11.0 Å². The molecular weight excluding hydrogens is 334 g/mol. The van der Waals surface area contributed by atoms with Crippen LogP contribution in [-0.2, 0) is 11.3 Å². The van der Waals surface area contributed by atoms with Crippen molar-refractivity contribution in [1.29, 1.82) is 0 Å². The van der Waals surface area contributed by atoms with Gasteiger partial charge in [-0.05, 0) is 38.0 Å². The molecule has 4 rings (SSSR count). The van der Waals surface area contributed by atoms with Gasteiger partial charge in [-0.1, -0.05) is 48.7 Å². The zero-order chi connectivity index (χ0) is 18.6. The highest BCUT2D eigenvalue weighted by Gasteiger charge is 2.18. The van der Waals surface area contributed by atoms with E-state index < -0.39 is 0 Å². The molecule has 0 aliphatic carbocycles. The summed E-state index contributed by atoms with van der Waals surface area (Å²) < 4.78 is 2.21.